The van der Waals surface area contributed by atoms with Crippen molar-refractivity contribution in [2.24, 2.45) is 0 Å². The molecule has 24 heavy (non-hydrogen) atoms. The summed E-state index contributed by atoms with van der Waals surface area (Å²) in [4.78, 5) is 19.9. The van der Waals surface area contributed by atoms with Gasteiger partial charge in [0.2, 0.25) is 0 Å². The largest absolute Gasteiger partial charge is 0.490 e. The third-order valence-corrected chi connectivity index (χ3v) is 5.28. The van der Waals surface area contributed by atoms with Crippen LogP contribution in [0.1, 0.15) is 13.8 Å². The van der Waals surface area contributed by atoms with E-state index in [-0.39, 0.29) is 17.2 Å². The molecular formula is C19H17O4P. The van der Waals surface area contributed by atoms with Crippen LogP contribution >= 0.6 is 7.60 Å². The summed E-state index contributed by atoms with van der Waals surface area (Å²) in [5, 5.41) is 5.46. The molecule has 0 amide bonds. The fourth-order valence-corrected chi connectivity index (χ4v) is 4.32. The maximum atomic E-state index is 12.2. The normalized spacial score (nSPS) is 12.7. The van der Waals surface area contributed by atoms with Crippen LogP contribution in [0, 0.1) is 0 Å². The van der Waals surface area contributed by atoms with E-state index in [1.165, 1.54) is 0 Å². The minimum atomic E-state index is -4.50. The van der Waals surface area contributed by atoms with Crippen LogP contribution in [0.25, 0.3) is 32.3 Å². The van der Waals surface area contributed by atoms with E-state index in [4.69, 9.17) is 4.74 Å². The molecule has 0 radical (unpaired) electrons. The van der Waals surface area contributed by atoms with Gasteiger partial charge in [-0.3, -0.25) is 4.57 Å². The Labute approximate surface area is 139 Å². The maximum Gasteiger partial charge on any atom is 0.360 e. The van der Waals surface area contributed by atoms with E-state index in [9.17, 15) is 14.4 Å². The summed E-state index contributed by atoms with van der Waals surface area (Å²) >= 11 is 0. The number of hydrogen-bond acceptors (Lipinski definition) is 2. The van der Waals surface area contributed by atoms with Crippen molar-refractivity contribution in [1.29, 1.82) is 0 Å². The second-order valence-corrected chi connectivity index (χ2v) is 7.83. The quantitative estimate of drug-likeness (QED) is 0.434. The first-order chi connectivity index (χ1) is 11.4. The minimum Gasteiger partial charge on any atom is -0.490 e. The van der Waals surface area contributed by atoms with Crippen molar-refractivity contribution < 1.29 is 19.1 Å². The average molecular weight is 340 g/mol. The zero-order valence-corrected chi connectivity index (χ0v) is 14.2. The third kappa shape index (κ3) is 2.27. The number of benzene rings is 4. The molecule has 0 aliphatic rings. The van der Waals surface area contributed by atoms with Gasteiger partial charge in [0.05, 0.1) is 6.10 Å². The van der Waals surface area contributed by atoms with Crippen LogP contribution in [0.5, 0.6) is 5.75 Å². The summed E-state index contributed by atoms with van der Waals surface area (Å²) in [6.07, 6.45) is -0.177. The first-order valence-electron chi connectivity index (χ1n) is 7.79. The van der Waals surface area contributed by atoms with Crippen LogP contribution in [-0.4, -0.2) is 15.9 Å². The van der Waals surface area contributed by atoms with Crippen LogP contribution < -0.4 is 10.0 Å². The van der Waals surface area contributed by atoms with E-state index in [1.54, 1.807) is 12.1 Å². The van der Waals surface area contributed by atoms with Crippen molar-refractivity contribution in [3.63, 3.8) is 0 Å². The number of hydrogen-bond donors (Lipinski definition) is 2. The molecule has 0 unspecified atom stereocenters. The molecule has 0 aliphatic carbocycles. The average Bonchev–Trinajstić information content (AvgIpc) is 2.50. The van der Waals surface area contributed by atoms with Crippen molar-refractivity contribution >= 4 is 45.2 Å². The highest BCUT2D eigenvalue weighted by Gasteiger charge is 2.28. The second kappa shape index (κ2) is 5.18. The highest BCUT2D eigenvalue weighted by atomic mass is 31.2. The summed E-state index contributed by atoms with van der Waals surface area (Å²) in [5.41, 5.74) is 0. The molecule has 0 aromatic heterocycles. The highest BCUT2D eigenvalue weighted by Crippen LogP contribution is 2.45. The van der Waals surface area contributed by atoms with Crippen molar-refractivity contribution in [2.45, 2.75) is 20.0 Å². The van der Waals surface area contributed by atoms with Crippen molar-refractivity contribution in [2.75, 3.05) is 0 Å². The van der Waals surface area contributed by atoms with Crippen molar-refractivity contribution in [3.8, 4) is 5.75 Å². The Bertz CT molecular complexity index is 1090. The molecule has 5 heteroatoms. The molecule has 4 nitrogen and oxygen atoms in total. The number of ether oxygens (including phenoxy) is 1. The maximum absolute atomic E-state index is 12.2. The van der Waals surface area contributed by atoms with Crippen LogP contribution in [0.3, 0.4) is 0 Å². The summed E-state index contributed by atoms with van der Waals surface area (Å²) < 4.78 is 17.9. The van der Waals surface area contributed by atoms with Crippen LogP contribution in [0.2, 0.25) is 0 Å². The Morgan fingerprint density at radius 2 is 1.54 bits per heavy atom. The first kappa shape index (κ1) is 15.4. The van der Waals surface area contributed by atoms with Gasteiger partial charge in [0, 0.05) is 5.39 Å². The lowest BCUT2D eigenvalue weighted by Crippen LogP contribution is -2.16. The molecule has 0 heterocycles. The van der Waals surface area contributed by atoms with Crippen molar-refractivity contribution in [1.82, 2.24) is 0 Å². The van der Waals surface area contributed by atoms with Crippen LogP contribution in [0.4, 0.5) is 0 Å². The SMILES string of the molecule is CC(C)Oc1cc2ccc3cccc4ccc(c1P(=O)(O)O)c2c34. The first-order valence-corrected chi connectivity index (χ1v) is 9.41. The Morgan fingerprint density at radius 1 is 0.917 bits per heavy atom. The summed E-state index contributed by atoms with van der Waals surface area (Å²) in [5.74, 6) is 0.254. The molecule has 2 N–H and O–H groups in total. The molecule has 0 fully saturated rings. The van der Waals surface area contributed by atoms with Crippen LogP contribution in [0.15, 0.2) is 48.5 Å². The lowest BCUT2D eigenvalue weighted by atomic mass is 9.94. The van der Waals surface area contributed by atoms with Gasteiger partial charge in [-0.25, -0.2) is 0 Å². The van der Waals surface area contributed by atoms with Gasteiger partial charge in [0.1, 0.15) is 11.1 Å². The lowest BCUT2D eigenvalue weighted by molar-refractivity contribution is 0.244. The summed E-state index contributed by atoms with van der Waals surface area (Å²) in [7, 11) is -4.50. The van der Waals surface area contributed by atoms with E-state index in [0.29, 0.717) is 5.39 Å². The Kier molecular flexibility index (Phi) is 3.33. The van der Waals surface area contributed by atoms with Crippen LogP contribution in [-0.2, 0) is 4.57 Å². The zero-order chi connectivity index (χ0) is 17.1. The molecule has 122 valence electrons. The third-order valence-electron chi connectivity index (χ3n) is 4.24. The van der Waals surface area contributed by atoms with Crippen molar-refractivity contribution in [3.05, 3.63) is 48.5 Å². The molecule has 0 saturated carbocycles. The fourth-order valence-electron chi connectivity index (χ4n) is 3.41. The zero-order valence-electron chi connectivity index (χ0n) is 13.4. The van der Waals surface area contributed by atoms with E-state index in [2.05, 4.69) is 0 Å². The fraction of sp³-hybridized carbons (Fsp3) is 0.158. The van der Waals surface area contributed by atoms with Gasteiger partial charge >= 0.3 is 7.60 Å². The summed E-state index contributed by atoms with van der Waals surface area (Å²) in [6.45, 7) is 3.68. The Balaban J connectivity index is 2.25. The van der Waals surface area contributed by atoms with Gasteiger partial charge in [0.15, 0.2) is 0 Å². The van der Waals surface area contributed by atoms with E-state index >= 15 is 0 Å². The van der Waals surface area contributed by atoms with E-state index in [1.807, 2.05) is 50.2 Å². The highest BCUT2D eigenvalue weighted by molar-refractivity contribution is 7.61. The minimum absolute atomic E-state index is 0.0260. The molecular weight excluding hydrogens is 323 g/mol. The van der Waals surface area contributed by atoms with Gasteiger partial charge in [-0.15, -0.1) is 0 Å². The molecule has 0 atom stereocenters. The smallest absolute Gasteiger partial charge is 0.360 e. The van der Waals surface area contributed by atoms with E-state index < -0.39 is 7.60 Å². The summed E-state index contributed by atoms with van der Waals surface area (Å²) in [6, 6.07) is 15.4. The van der Waals surface area contributed by atoms with Gasteiger partial charge in [-0.1, -0.05) is 42.5 Å². The standard InChI is InChI=1S/C19H17O4P/c1-11(2)23-16-10-14-7-6-12-4-3-5-13-8-9-15(18(14)17(12)13)19(16)24(20,21)22/h3-11H,1-2H3,(H2,20,21,22). The molecule has 0 spiro atoms. The van der Waals surface area contributed by atoms with Gasteiger partial charge in [-0.05, 0) is 46.8 Å². The molecule has 0 bridgehead atoms. The number of rotatable bonds is 3. The predicted octanol–water partition coefficient (Wildman–Crippen LogP) is 4.17. The van der Waals surface area contributed by atoms with Gasteiger partial charge in [0.25, 0.3) is 0 Å². The molecule has 4 aromatic rings. The second-order valence-electron chi connectivity index (χ2n) is 6.29. The molecule has 0 saturated heterocycles. The molecule has 4 aromatic carbocycles. The van der Waals surface area contributed by atoms with E-state index in [0.717, 1.165) is 26.9 Å². The molecule has 0 aliphatic heterocycles. The predicted molar refractivity (Wildman–Crippen MR) is 97.6 cm³/mol. The molecule has 4 rings (SSSR count). The monoisotopic (exact) mass is 340 g/mol. The Morgan fingerprint density at radius 3 is 2.17 bits per heavy atom. The van der Waals surface area contributed by atoms with Gasteiger partial charge in [-0.2, -0.15) is 0 Å². The van der Waals surface area contributed by atoms with Gasteiger partial charge < -0.3 is 14.5 Å². The lowest BCUT2D eigenvalue weighted by Gasteiger charge is -2.20. The Hall–Kier alpha value is -2.13. The topological polar surface area (TPSA) is 66.8 Å².